The number of hydrogen-bond donors (Lipinski definition) is 0. The van der Waals surface area contributed by atoms with Gasteiger partial charge in [-0.2, -0.15) is 0 Å². The van der Waals surface area contributed by atoms with Crippen molar-refractivity contribution in [2.24, 2.45) is 0 Å². The zero-order valence-corrected chi connectivity index (χ0v) is 10.5. The SMILES string of the molecule is O=C1CCCC(I)=CN1c1ccccc1. The highest BCUT2D eigenvalue weighted by Gasteiger charge is 2.16. The number of benzene rings is 1. The van der Waals surface area contributed by atoms with Crippen LogP contribution in [-0.4, -0.2) is 5.91 Å². The third-order valence-corrected chi connectivity index (χ3v) is 3.20. The minimum Gasteiger partial charge on any atom is -0.287 e. The van der Waals surface area contributed by atoms with E-state index in [2.05, 4.69) is 22.6 Å². The van der Waals surface area contributed by atoms with Gasteiger partial charge in [-0.15, -0.1) is 0 Å². The molecule has 2 nitrogen and oxygen atoms in total. The van der Waals surface area contributed by atoms with Crippen molar-refractivity contribution in [1.29, 1.82) is 0 Å². The molecule has 0 unspecified atom stereocenters. The molecule has 0 aromatic heterocycles. The average Bonchev–Trinajstić information content (AvgIpc) is 2.42. The molecule has 0 bridgehead atoms. The van der Waals surface area contributed by atoms with Crippen LogP contribution in [0.15, 0.2) is 40.1 Å². The van der Waals surface area contributed by atoms with Crippen LogP contribution in [0, 0.1) is 0 Å². The van der Waals surface area contributed by atoms with Crippen molar-refractivity contribution < 1.29 is 4.79 Å². The first-order valence-electron chi connectivity index (χ1n) is 5.00. The molecule has 0 aliphatic carbocycles. The number of allylic oxidation sites excluding steroid dienone is 1. The number of carbonyl (C=O) groups is 1. The standard InChI is InChI=1S/C12H12INO/c13-10-5-4-8-12(15)14(9-10)11-6-2-1-3-7-11/h1-3,6-7,9H,4-5,8H2. The van der Waals surface area contributed by atoms with Crippen LogP contribution in [0.4, 0.5) is 5.69 Å². The number of rotatable bonds is 1. The second-order valence-electron chi connectivity index (χ2n) is 3.53. The third-order valence-electron chi connectivity index (χ3n) is 2.38. The van der Waals surface area contributed by atoms with Gasteiger partial charge in [0.15, 0.2) is 0 Å². The highest BCUT2D eigenvalue weighted by molar-refractivity contribution is 14.1. The number of amides is 1. The molecule has 0 radical (unpaired) electrons. The minimum atomic E-state index is 0.188. The van der Waals surface area contributed by atoms with E-state index in [9.17, 15) is 4.79 Å². The average molecular weight is 313 g/mol. The lowest BCUT2D eigenvalue weighted by Gasteiger charge is -2.17. The Morgan fingerprint density at radius 2 is 1.87 bits per heavy atom. The molecule has 0 atom stereocenters. The number of anilines is 1. The van der Waals surface area contributed by atoms with E-state index in [-0.39, 0.29) is 5.91 Å². The van der Waals surface area contributed by atoms with Crippen LogP contribution >= 0.6 is 22.6 Å². The van der Waals surface area contributed by atoms with Crippen LogP contribution in [0.1, 0.15) is 19.3 Å². The molecule has 1 heterocycles. The Hall–Kier alpha value is -0.840. The molecule has 3 heteroatoms. The maximum atomic E-state index is 11.8. The van der Waals surface area contributed by atoms with Gasteiger partial charge in [0.1, 0.15) is 0 Å². The highest BCUT2D eigenvalue weighted by Crippen LogP contribution is 2.25. The first-order valence-corrected chi connectivity index (χ1v) is 6.08. The van der Waals surface area contributed by atoms with E-state index >= 15 is 0 Å². The zero-order chi connectivity index (χ0) is 10.7. The van der Waals surface area contributed by atoms with E-state index < -0.39 is 0 Å². The van der Waals surface area contributed by atoms with Gasteiger partial charge < -0.3 is 0 Å². The number of para-hydroxylation sites is 1. The summed E-state index contributed by atoms with van der Waals surface area (Å²) in [4.78, 5) is 13.6. The van der Waals surface area contributed by atoms with Crippen molar-refractivity contribution in [3.05, 3.63) is 40.1 Å². The molecule has 0 N–H and O–H groups in total. The molecule has 0 spiro atoms. The number of carbonyl (C=O) groups excluding carboxylic acids is 1. The summed E-state index contributed by atoms with van der Waals surface area (Å²) >= 11 is 2.30. The van der Waals surface area contributed by atoms with Crippen molar-refractivity contribution in [1.82, 2.24) is 0 Å². The monoisotopic (exact) mass is 313 g/mol. The molecule has 1 aromatic carbocycles. The Bertz CT molecular complexity index is 386. The van der Waals surface area contributed by atoms with E-state index in [0.717, 1.165) is 18.5 Å². The van der Waals surface area contributed by atoms with E-state index in [1.807, 2.05) is 36.5 Å². The van der Waals surface area contributed by atoms with Gasteiger partial charge in [-0.05, 0) is 47.6 Å². The minimum absolute atomic E-state index is 0.188. The summed E-state index contributed by atoms with van der Waals surface area (Å²) in [5.41, 5.74) is 0.957. The predicted molar refractivity (Wildman–Crippen MR) is 69.9 cm³/mol. The summed E-state index contributed by atoms with van der Waals surface area (Å²) in [5.74, 6) is 0.188. The van der Waals surface area contributed by atoms with Gasteiger partial charge in [0.25, 0.3) is 0 Å². The predicted octanol–water partition coefficient (Wildman–Crippen LogP) is 3.48. The summed E-state index contributed by atoms with van der Waals surface area (Å²) in [6.45, 7) is 0. The molecule has 15 heavy (non-hydrogen) atoms. The molecule has 1 aliphatic heterocycles. The summed E-state index contributed by atoms with van der Waals surface area (Å²) < 4.78 is 1.24. The van der Waals surface area contributed by atoms with Gasteiger partial charge in [-0.1, -0.05) is 18.2 Å². The van der Waals surface area contributed by atoms with Crippen LogP contribution in [-0.2, 0) is 4.79 Å². The molecule has 0 fully saturated rings. The Kier molecular flexibility index (Phi) is 3.41. The maximum absolute atomic E-state index is 11.8. The molecule has 1 amide bonds. The van der Waals surface area contributed by atoms with Gasteiger partial charge >= 0.3 is 0 Å². The second kappa shape index (κ2) is 4.79. The van der Waals surface area contributed by atoms with E-state index in [1.54, 1.807) is 4.90 Å². The molecule has 2 rings (SSSR count). The van der Waals surface area contributed by atoms with Gasteiger partial charge in [0, 0.05) is 21.9 Å². The third kappa shape index (κ3) is 2.59. The topological polar surface area (TPSA) is 20.3 Å². The van der Waals surface area contributed by atoms with Gasteiger partial charge in [0.2, 0.25) is 5.91 Å². The van der Waals surface area contributed by atoms with Crippen LogP contribution in [0.2, 0.25) is 0 Å². The van der Waals surface area contributed by atoms with Crippen molar-refractivity contribution in [2.45, 2.75) is 19.3 Å². The molecular formula is C12H12INO. The first kappa shape index (κ1) is 10.7. The fraction of sp³-hybridized carbons (Fsp3) is 0.250. The van der Waals surface area contributed by atoms with Crippen molar-refractivity contribution in [3.63, 3.8) is 0 Å². The second-order valence-corrected chi connectivity index (χ2v) is 4.91. The number of hydrogen-bond acceptors (Lipinski definition) is 1. The lowest BCUT2D eigenvalue weighted by molar-refractivity contribution is -0.118. The zero-order valence-electron chi connectivity index (χ0n) is 8.32. The van der Waals surface area contributed by atoms with Crippen LogP contribution < -0.4 is 4.90 Å². The van der Waals surface area contributed by atoms with Crippen LogP contribution in [0.25, 0.3) is 0 Å². The molecule has 78 valence electrons. The lowest BCUT2D eigenvalue weighted by atomic mass is 10.2. The van der Waals surface area contributed by atoms with E-state index in [0.29, 0.717) is 6.42 Å². The Morgan fingerprint density at radius 3 is 2.60 bits per heavy atom. The van der Waals surface area contributed by atoms with Crippen LogP contribution in [0.5, 0.6) is 0 Å². The fourth-order valence-electron chi connectivity index (χ4n) is 1.61. The Morgan fingerprint density at radius 1 is 1.13 bits per heavy atom. The van der Waals surface area contributed by atoms with Crippen LogP contribution in [0.3, 0.4) is 0 Å². The number of halogens is 1. The molecule has 0 saturated carbocycles. The van der Waals surface area contributed by atoms with Crippen molar-refractivity contribution in [3.8, 4) is 0 Å². The first-order chi connectivity index (χ1) is 7.27. The smallest absolute Gasteiger partial charge is 0.231 e. The normalized spacial score (nSPS) is 17.3. The lowest BCUT2D eigenvalue weighted by Crippen LogP contribution is -2.23. The van der Waals surface area contributed by atoms with Gasteiger partial charge in [-0.3, -0.25) is 9.69 Å². The summed E-state index contributed by atoms with van der Waals surface area (Å²) in [5, 5.41) is 0. The molecule has 0 saturated heterocycles. The molecular weight excluding hydrogens is 301 g/mol. The maximum Gasteiger partial charge on any atom is 0.231 e. The molecule has 1 aromatic rings. The van der Waals surface area contributed by atoms with Crippen molar-refractivity contribution in [2.75, 3.05) is 4.90 Å². The fourth-order valence-corrected chi connectivity index (χ4v) is 2.27. The Labute approximate surface area is 103 Å². The summed E-state index contributed by atoms with van der Waals surface area (Å²) in [7, 11) is 0. The van der Waals surface area contributed by atoms with Crippen molar-refractivity contribution >= 4 is 34.2 Å². The number of nitrogens with zero attached hydrogens (tertiary/aromatic N) is 1. The summed E-state index contributed by atoms with van der Waals surface area (Å²) in [6.07, 6.45) is 4.55. The van der Waals surface area contributed by atoms with E-state index in [1.165, 1.54) is 3.58 Å². The van der Waals surface area contributed by atoms with Gasteiger partial charge in [-0.25, -0.2) is 0 Å². The highest BCUT2D eigenvalue weighted by atomic mass is 127. The summed E-state index contributed by atoms with van der Waals surface area (Å²) in [6, 6.07) is 9.79. The van der Waals surface area contributed by atoms with Gasteiger partial charge in [0.05, 0.1) is 0 Å². The Balaban J connectivity index is 2.33. The molecule has 1 aliphatic rings. The van der Waals surface area contributed by atoms with E-state index in [4.69, 9.17) is 0 Å². The largest absolute Gasteiger partial charge is 0.287 e. The quantitative estimate of drug-likeness (QED) is 0.727.